The number of ether oxygens (including phenoxy) is 1. The number of rotatable bonds is 5. The summed E-state index contributed by atoms with van der Waals surface area (Å²) in [5.74, 6) is 2.31. The van der Waals surface area contributed by atoms with E-state index in [9.17, 15) is 4.21 Å². The Labute approximate surface area is 88.8 Å². The van der Waals surface area contributed by atoms with E-state index in [1.807, 2.05) is 0 Å². The van der Waals surface area contributed by atoms with Gasteiger partial charge in [-0.15, -0.1) is 0 Å². The van der Waals surface area contributed by atoms with Gasteiger partial charge in [-0.05, 0) is 12.3 Å². The van der Waals surface area contributed by atoms with Gasteiger partial charge >= 0.3 is 0 Å². The summed E-state index contributed by atoms with van der Waals surface area (Å²) in [7, 11) is -0.757. The van der Waals surface area contributed by atoms with Crippen LogP contribution in [0.3, 0.4) is 0 Å². The molecule has 84 valence electrons. The lowest BCUT2D eigenvalue weighted by Crippen LogP contribution is -2.36. The smallest absolute Gasteiger partial charge is 0.0510 e. The summed E-state index contributed by atoms with van der Waals surface area (Å²) in [4.78, 5) is 0. The molecule has 1 saturated heterocycles. The van der Waals surface area contributed by atoms with Crippen LogP contribution >= 0.6 is 0 Å². The maximum Gasteiger partial charge on any atom is 0.0510 e. The third kappa shape index (κ3) is 4.07. The third-order valence-electron chi connectivity index (χ3n) is 2.47. The van der Waals surface area contributed by atoms with Gasteiger partial charge in [-0.1, -0.05) is 13.8 Å². The summed E-state index contributed by atoms with van der Waals surface area (Å²) in [5.41, 5.74) is 5.98. The normalized spacial score (nSPS) is 26.7. The number of hydrogen-bond donors (Lipinski definition) is 1. The fourth-order valence-electron chi connectivity index (χ4n) is 1.68. The van der Waals surface area contributed by atoms with E-state index in [1.165, 1.54) is 0 Å². The summed E-state index contributed by atoms with van der Waals surface area (Å²) in [6.45, 7) is 5.74. The van der Waals surface area contributed by atoms with Gasteiger partial charge in [0.1, 0.15) is 0 Å². The van der Waals surface area contributed by atoms with Gasteiger partial charge in [-0.25, -0.2) is 0 Å². The van der Waals surface area contributed by atoms with E-state index in [-0.39, 0.29) is 6.04 Å². The minimum atomic E-state index is -0.757. The second-order valence-electron chi connectivity index (χ2n) is 4.45. The Kier molecular flexibility index (Phi) is 5.06. The first-order valence-electron chi connectivity index (χ1n) is 5.28. The highest BCUT2D eigenvalue weighted by atomic mass is 32.2. The van der Waals surface area contributed by atoms with Crippen molar-refractivity contribution in [2.45, 2.75) is 26.3 Å². The summed E-state index contributed by atoms with van der Waals surface area (Å²) in [6.07, 6.45) is 1.03. The molecule has 3 atom stereocenters. The van der Waals surface area contributed by atoms with E-state index >= 15 is 0 Å². The lowest BCUT2D eigenvalue weighted by molar-refractivity contribution is 0.182. The van der Waals surface area contributed by atoms with E-state index in [0.29, 0.717) is 17.6 Å². The Bertz CT molecular complexity index is 191. The summed E-state index contributed by atoms with van der Waals surface area (Å²) in [5, 5.41) is 0. The molecule has 2 N–H and O–H groups in total. The molecule has 0 aliphatic carbocycles. The van der Waals surface area contributed by atoms with Crippen LogP contribution in [-0.4, -0.2) is 35.0 Å². The molecule has 0 saturated carbocycles. The molecule has 0 spiro atoms. The molecular weight excluding hydrogens is 198 g/mol. The van der Waals surface area contributed by atoms with Gasteiger partial charge < -0.3 is 10.5 Å². The maximum absolute atomic E-state index is 11.6. The Morgan fingerprint density at radius 2 is 2.21 bits per heavy atom. The SMILES string of the molecule is CC(C)CS(=O)CC(N)C1CCOC1. The Hall–Kier alpha value is 0.0700. The van der Waals surface area contributed by atoms with Crippen LogP contribution in [0.2, 0.25) is 0 Å². The van der Waals surface area contributed by atoms with Crippen molar-refractivity contribution >= 4 is 10.8 Å². The van der Waals surface area contributed by atoms with Gasteiger partial charge in [0.25, 0.3) is 0 Å². The van der Waals surface area contributed by atoms with Crippen molar-refractivity contribution in [1.29, 1.82) is 0 Å². The molecule has 14 heavy (non-hydrogen) atoms. The van der Waals surface area contributed by atoms with Crippen molar-refractivity contribution in [2.75, 3.05) is 24.7 Å². The van der Waals surface area contributed by atoms with Crippen molar-refractivity contribution in [3.63, 3.8) is 0 Å². The topological polar surface area (TPSA) is 52.3 Å². The molecule has 0 amide bonds. The van der Waals surface area contributed by atoms with Gasteiger partial charge in [-0.3, -0.25) is 4.21 Å². The van der Waals surface area contributed by atoms with Gasteiger partial charge in [0.2, 0.25) is 0 Å². The van der Waals surface area contributed by atoms with Gasteiger partial charge in [0.05, 0.1) is 6.61 Å². The van der Waals surface area contributed by atoms with Crippen LogP contribution in [0.15, 0.2) is 0 Å². The minimum Gasteiger partial charge on any atom is -0.381 e. The van der Waals surface area contributed by atoms with Crippen molar-refractivity contribution in [3.05, 3.63) is 0 Å². The van der Waals surface area contributed by atoms with E-state index in [1.54, 1.807) is 0 Å². The first-order chi connectivity index (χ1) is 6.59. The molecule has 3 unspecified atom stereocenters. The van der Waals surface area contributed by atoms with Crippen LogP contribution in [0, 0.1) is 11.8 Å². The molecule has 1 fully saturated rings. The van der Waals surface area contributed by atoms with Crippen molar-refractivity contribution in [2.24, 2.45) is 17.6 Å². The fourth-order valence-corrected chi connectivity index (χ4v) is 3.26. The first-order valence-corrected chi connectivity index (χ1v) is 6.76. The highest BCUT2D eigenvalue weighted by Gasteiger charge is 2.24. The predicted molar refractivity (Wildman–Crippen MR) is 59.6 cm³/mol. The molecule has 3 nitrogen and oxygen atoms in total. The van der Waals surface area contributed by atoms with Crippen LogP contribution in [0.25, 0.3) is 0 Å². The van der Waals surface area contributed by atoms with E-state index in [2.05, 4.69) is 13.8 Å². The molecule has 1 aliphatic rings. The minimum absolute atomic E-state index is 0.0529. The quantitative estimate of drug-likeness (QED) is 0.742. The van der Waals surface area contributed by atoms with E-state index in [0.717, 1.165) is 25.4 Å². The van der Waals surface area contributed by atoms with E-state index < -0.39 is 10.8 Å². The lowest BCUT2D eigenvalue weighted by atomic mass is 10.0. The molecule has 4 heteroatoms. The van der Waals surface area contributed by atoms with Gasteiger partial charge in [-0.2, -0.15) is 0 Å². The third-order valence-corrected chi connectivity index (χ3v) is 4.26. The van der Waals surface area contributed by atoms with E-state index in [4.69, 9.17) is 10.5 Å². The van der Waals surface area contributed by atoms with Crippen molar-refractivity contribution in [3.8, 4) is 0 Å². The molecule has 0 aromatic carbocycles. The lowest BCUT2D eigenvalue weighted by Gasteiger charge is -2.17. The summed E-state index contributed by atoms with van der Waals surface area (Å²) < 4.78 is 16.9. The summed E-state index contributed by atoms with van der Waals surface area (Å²) in [6, 6.07) is 0.0529. The fraction of sp³-hybridized carbons (Fsp3) is 1.00. The molecule has 0 aromatic heterocycles. The molecule has 0 bridgehead atoms. The molecule has 1 rings (SSSR count). The summed E-state index contributed by atoms with van der Waals surface area (Å²) >= 11 is 0. The zero-order chi connectivity index (χ0) is 10.6. The maximum atomic E-state index is 11.6. The first kappa shape index (κ1) is 12.1. The van der Waals surface area contributed by atoms with Crippen LogP contribution < -0.4 is 5.73 Å². The Morgan fingerprint density at radius 3 is 2.71 bits per heavy atom. The highest BCUT2D eigenvalue weighted by molar-refractivity contribution is 7.85. The van der Waals surface area contributed by atoms with Crippen LogP contribution in [-0.2, 0) is 15.5 Å². The zero-order valence-corrected chi connectivity index (χ0v) is 9.89. The molecule has 0 aromatic rings. The predicted octanol–water partition coefficient (Wildman–Crippen LogP) is 0.755. The molecule has 1 heterocycles. The van der Waals surface area contributed by atoms with Crippen LogP contribution in [0.4, 0.5) is 0 Å². The monoisotopic (exact) mass is 219 g/mol. The average molecular weight is 219 g/mol. The largest absolute Gasteiger partial charge is 0.381 e. The highest BCUT2D eigenvalue weighted by Crippen LogP contribution is 2.16. The molecular formula is C10H21NO2S. The average Bonchev–Trinajstić information content (AvgIpc) is 2.53. The van der Waals surface area contributed by atoms with Crippen LogP contribution in [0.1, 0.15) is 20.3 Å². The zero-order valence-electron chi connectivity index (χ0n) is 9.07. The standard InChI is InChI=1S/C10H21NO2S/c1-8(2)6-14(12)7-10(11)9-3-4-13-5-9/h8-10H,3-7,11H2,1-2H3. The van der Waals surface area contributed by atoms with Gasteiger partial charge in [0.15, 0.2) is 0 Å². The van der Waals surface area contributed by atoms with Gasteiger partial charge in [0, 0.05) is 40.9 Å². The second-order valence-corrected chi connectivity index (χ2v) is 6.00. The van der Waals surface area contributed by atoms with Crippen LogP contribution in [0.5, 0.6) is 0 Å². The molecule has 1 aliphatic heterocycles. The number of nitrogens with two attached hydrogens (primary N) is 1. The Morgan fingerprint density at radius 1 is 1.50 bits per heavy atom. The second kappa shape index (κ2) is 5.83. The van der Waals surface area contributed by atoms with Crippen molar-refractivity contribution < 1.29 is 8.95 Å². The molecule has 0 radical (unpaired) electrons. The van der Waals surface area contributed by atoms with Crippen molar-refractivity contribution in [1.82, 2.24) is 0 Å². The number of hydrogen-bond acceptors (Lipinski definition) is 3. The Balaban J connectivity index is 2.24.